The maximum atomic E-state index is 13.3. The Hall–Kier alpha value is -2.11. The highest BCUT2D eigenvalue weighted by molar-refractivity contribution is 5.96. The van der Waals surface area contributed by atoms with E-state index in [9.17, 15) is 19.6 Å². The lowest BCUT2D eigenvalue weighted by Crippen LogP contribution is -1.89. The van der Waals surface area contributed by atoms with Gasteiger partial charge in [0.25, 0.3) is 5.69 Å². The smallest absolute Gasteiger partial charge is 0.282 e. The summed E-state index contributed by atoms with van der Waals surface area (Å²) in [7, 11) is 1.48. The lowest BCUT2D eigenvalue weighted by molar-refractivity contribution is -0.383. The number of nitro benzene ring substituents is 1. The SMILES string of the molecule is Cn1cc2c(F)ccc([N+](=O)[O-])c2c1O. The van der Waals surface area contributed by atoms with Gasteiger partial charge in [-0.15, -0.1) is 0 Å². The molecule has 0 aliphatic carbocycles. The van der Waals surface area contributed by atoms with Gasteiger partial charge in [0.05, 0.1) is 4.92 Å². The number of fused-ring (bicyclic) bond motifs is 1. The van der Waals surface area contributed by atoms with Crippen LogP contribution in [0.2, 0.25) is 0 Å². The molecule has 0 saturated carbocycles. The van der Waals surface area contributed by atoms with Crippen LogP contribution in [-0.4, -0.2) is 14.6 Å². The number of hydrogen-bond donors (Lipinski definition) is 1. The van der Waals surface area contributed by atoms with Crippen molar-refractivity contribution in [2.45, 2.75) is 0 Å². The van der Waals surface area contributed by atoms with E-state index in [0.717, 1.165) is 12.1 Å². The van der Waals surface area contributed by atoms with E-state index in [-0.39, 0.29) is 22.3 Å². The van der Waals surface area contributed by atoms with E-state index in [1.165, 1.54) is 17.8 Å². The van der Waals surface area contributed by atoms with Crippen molar-refractivity contribution in [3.8, 4) is 5.88 Å². The van der Waals surface area contributed by atoms with Crippen molar-refractivity contribution in [2.75, 3.05) is 0 Å². The third-order valence-corrected chi connectivity index (χ3v) is 2.25. The molecule has 1 aromatic heterocycles. The summed E-state index contributed by atoms with van der Waals surface area (Å²) in [5.41, 5.74) is -0.301. The number of rotatable bonds is 1. The molecule has 2 aromatic rings. The number of nitrogens with zero attached hydrogens (tertiary/aromatic N) is 2. The first kappa shape index (κ1) is 9.45. The van der Waals surface area contributed by atoms with Crippen molar-refractivity contribution in [3.05, 3.63) is 34.3 Å². The highest BCUT2D eigenvalue weighted by Crippen LogP contribution is 2.35. The average molecular weight is 210 g/mol. The predicted molar refractivity (Wildman–Crippen MR) is 51.2 cm³/mol. The molecule has 5 nitrogen and oxygen atoms in total. The lowest BCUT2D eigenvalue weighted by Gasteiger charge is -1.96. The Morgan fingerprint density at radius 1 is 1.53 bits per heavy atom. The molecule has 0 saturated heterocycles. The van der Waals surface area contributed by atoms with Gasteiger partial charge in [-0.05, 0) is 6.07 Å². The van der Waals surface area contributed by atoms with Crippen LogP contribution in [0.5, 0.6) is 5.88 Å². The van der Waals surface area contributed by atoms with Crippen molar-refractivity contribution < 1.29 is 14.4 Å². The fourth-order valence-electron chi connectivity index (χ4n) is 1.53. The number of non-ortho nitro benzene ring substituents is 1. The Balaban J connectivity index is 2.96. The van der Waals surface area contributed by atoms with Crippen LogP contribution in [-0.2, 0) is 7.05 Å². The molecular formula is C9H7FN2O3. The van der Waals surface area contributed by atoms with Crippen LogP contribution < -0.4 is 0 Å². The van der Waals surface area contributed by atoms with E-state index < -0.39 is 10.7 Å². The molecule has 1 heterocycles. The topological polar surface area (TPSA) is 68.3 Å². The Morgan fingerprint density at radius 2 is 2.20 bits per heavy atom. The van der Waals surface area contributed by atoms with Crippen molar-refractivity contribution in [2.24, 2.45) is 7.05 Å². The third kappa shape index (κ3) is 1.22. The number of nitro groups is 1. The van der Waals surface area contributed by atoms with Crippen LogP contribution >= 0.6 is 0 Å². The van der Waals surface area contributed by atoms with Gasteiger partial charge in [-0.3, -0.25) is 10.1 Å². The van der Waals surface area contributed by atoms with E-state index in [0.29, 0.717) is 0 Å². The van der Waals surface area contributed by atoms with Gasteiger partial charge in [0, 0.05) is 24.7 Å². The zero-order chi connectivity index (χ0) is 11.2. The molecule has 0 atom stereocenters. The molecule has 0 bridgehead atoms. The van der Waals surface area contributed by atoms with Crippen molar-refractivity contribution in [1.29, 1.82) is 0 Å². The van der Waals surface area contributed by atoms with Crippen LogP contribution in [0.1, 0.15) is 0 Å². The highest BCUT2D eigenvalue weighted by atomic mass is 19.1. The number of benzene rings is 1. The molecular weight excluding hydrogens is 203 g/mol. The maximum Gasteiger partial charge on any atom is 0.282 e. The average Bonchev–Trinajstić information content (AvgIpc) is 2.46. The second kappa shape index (κ2) is 2.94. The normalized spacial score (nSPS) is 10.8. The van der Waals surface area contributed by atoms with Crippen molar-refractivity contribution in [3.63, 3.8) is 0 Å². The Kier molecular flexibility index (Phi) is 1.85. The summed E-state index contributed by atoms with van der Waals surface area (Å²) in [5.74, 6) is -0.900. The number of aromatic nitrogens is 1. The summed E-state index contributed by atoms with van der Waals surface area (Å²) in [4.78, 5) is 10.00. The van der Waals surface area contributed by atoms with Gasteiger partial charge in [-0.2, -0.15) is 0 Å². The number of halogens is 1. The van der Waals surface area contributed by atoms with E-state index in [1.54, 1.807) is 0 Å². The third-order valence-electron chi connectivity index (χ3n) is 2.25. The monoisotopic (exact) mass is 210 g/mol. The lowest BCUT2D eigenvalue weighted by atomic mass is 10.2. The van der Waals surface area contributed by atoms with Gasteiger partial charge in [0.2, 0.25) is 5.88 Å². The second-order valence-corrected chi connectivity index (χ2v) is 3.18. The molecule has 15 heavy (non-hydrogen) atoms. The van der Waals surface area contributed by atoms with Gasteiger partial charge >= 0.3 is 0 Å². The summed E-state index contributed by atoms with van der Waals surface area (Å²) in [6.07, 6.45) is 1.31. The number of aromatic hydroxyl groups is 1. The molecule has 0 radical (unpaired) electrons. The fourth-order valence-corrected chi connectivity index (χ4v) is 1.53. The number of hydrogen-bond acceptors (Lipinski definition) is 3. The molecule has 1 N–H and O–H groups in total. The second-order valence-electron chi connectivity index (χ2n) is 3.18. The zero-order valence-electron chi connectivity index (χ0n) is 7.77. The van der Waals surface area contributed by atoms with E-state index >= 15 is 0 Å². The molecule has 0 fully saturated rings. The molecule has 1 aromatic carbocycles. The molecule has 6 heteroatoms. The van der Waals surface area contributed by atoms with Crippen LogP contribution in [0.3, 0.4) is 0 Å². The zero-order valence-corrected chi connectivity index (χ0v) is 7.77. The van der Waals surface area contributed by atoms with Gasteiger partial charge in [-0.1, -0.05) is 0 Å². The standard InChI is InChI=1S/C9H7FN2O3/c1-11-4-5-6(10)2-3-7(12(14)15)8(5)9(11)13/h2-4,13H,1H3. The van der Waals surface area contributed by atoms with Crippen LogP contribution in [0.25, 0.3) is 10.8 Å². The first-order valence-corrected chi connectivity index (χ1v) is 4.13. The minimum atomic E-state index is -0.651. The molecule has 0 amide bonds. The summed E-state index contributed by atoms with van der Waals surface area (Å²) < 4.78 is 14.5. The minimum Gasteiger partial charge on any atom is -0.494 e. The predicted octanol–water partition coefficient (Wildman–Crippen LogP) is 1.93. The van der Waals surface area contributed by atoms with Crippen LogP contribution in [0.4, 0.5) is 10.1 Å². The van der Waals surface area contributed by atoms with Crippen LogP contribution in [0, 0.1) is 15.9 Å². The first-order chi connectivity index (χ1) is 7.02. The molecule has 0 spiro atoms. The van der Waals surface area contributed by atoms with E-state index in [2.05, 4.69) is 0 Å². The molecule has 0 unspecified atom stereocenters. The highest BCUT2D eigenvalue weighted by Gasteiger charge is 2.20. The summed E-state index contributed by atoms with van der Waals surface area (Å²) in [5, 5.41) is 20.2. The summed E-state index contributed by atoms with van der Waals surface area (Å²) >= 11 is 0. The van der Waals surface area contributed by atoms with Crippen LogP contribution in [0.15, 0.2) is 18.3 Å². The van der Waals surface area contributed by atoms with Gasteiger partial charge in [-0.25, -0.2) is 4.39 Å². The molecule has 2 rings (SSSR count). The maximum absolute atomic E-state index is 13.3. The largest absolute Gasteiger partial charge is 0.494 e. The number of aryl methyl sites for hydroxylation is 1. The van der Waals surface area contributed by atoms with Gasteiger partial charge in [0.1, 0.15) is 11.2 Å². The van der Waals surface area contributed by atoms with Crippen molar-refractivity contribution >= 4 is 16.5 Å². The van der Waals surface area contributed by atoms with Crippen molar-refractivity contribution in [1.82, 2.24) is 4.57 Å². The first-order valence-electron chi connectivity index (χ1n) is 4.13. The summed E-state index contributed by atoms with van der Waals surface area (Å²) in [6.45, 7) is 0. The minimum absolute atomic E-state index is 0.0456. The Morgan fingerprint density at radius 3 is 2.80 bits per heavy atom. The molecule has 78 valence electrons. The van der Waals surface area contributed by atoms with E-state index in [1.807, 2.05) is 0 Å². The Labute approximate surface area is 83.5 Å². The van der Waals surface area contributed by atoms with Gasteiger partial charge in [0.15, 0.2) is 0 Å². The summed E-state index contributed by atoms with van der Waals surface area (Å²) in [6, 6.07) is 2.05. The Bertz CT molecular complexity index is 562. The fraction of sp³-hybridized carbons (Fsp3) is 0.111. The molecule has 0 aliphatic rings. The van der Waals surface area contributed by atoms with E-state index in [4.69, 9.17) is 0 Å². The quantitative estimate of drug-likeness (QED) is 0.577. The van der Waals surface area contributed by atoms with Gasteiger partial charge < -0.3 is 9.67 Å². The molecule has 0 aliphatic heterocycles.